The standard InChI is InChI=1S/C13H18FN3O/c1-17(9-12-3-2-8-15-12)13(18)16-11-6-4-10(14)5-7-11/h4-7,12,15H,2-3,8-9H2,1H3,(H,16,18). The first kappa shape index (κ1) is 12.8. The number of likely N-dealkylation sites (N-methyl/N-ethyl adjacent to an activating group) is 1. The average Bonchev–Trinajstić information content (AvgIpc) is 2.85. The van der Waals surface area contributed by atoms with Crippen LogP contribution in [0.2, 0.25) is 0 Å². The number of hydrogen-bond acceptors (Lipinski definition) is 2. The topological polar surface area (TPSA) is 44.4 Å². The fourth-order valence-corrected chi connectivity index (χ4v) is 2.08. The molecule has 2 rings (SSSR count). The highest BCUT2D eigenvalue weighted by Gasteiger charge is 2.18. The highest BCUT2D eigenvalue weighted by atomic mass is 19.1. The van der Waals surface area contributed by atoms with Gasteiger partial charge in [-0.2, -0.15) is 0 Å². The zero-order chi connectivity index (χ0) is 13.0. The minimum Gasteiger partial charge on any atom is -0.326 e. The number of halogens is 1. The molecule has 1 aliphatic heterocycles. The number of amides is 2. The first-order valence-corrected chi connectivity index (χ1v) is 6.16. The molecule has 0 aliphatic carbocycles. The van der Waals surface area contributed by atoms with E-state index in [0.29, 0.717) is 18.3 Å². The molecule has 4 nitrogen and oxygen atoms in total. The van der Waals surface area contributed by atoms with E-state index in [-0.39, 0.29) is 11.8 Å². The highest BCUT2D eigenvalue weighted by Crippen LogP contribution is 2.10. The molecule has 0 saturated carbocycles. The van der Waals surface area contributed by atoms with E-state index in [1.807, 2.05) is 0 Å². The van der Waals surface area contributed by atoms with Gasteiger partial charge in [0.05, 0.1) is 0 Å². The van der Waals surface area contributed by atoms with Crippen molar-refractivity contribution in [3.05, 3.63) is 30.1 Å². The molecule has 2 amide bonds. The maximum Gasteiger partial charge on any atom is 0.321 e. The van der Waals surface area contributed by atoms with Gasteiger partial charge in [-0.1, -0.05) is 0 Å². The van der Waals surface area contributed by atoms with Crippen molar-refractivity contribution in [1.82, 2.24) is 10.2 Å². The smallest absolute Gasteiger partial charge is 0.321 e. The second-order valence-electron chi connectivity index (χ2n) is 4.61. The Balaban J connectivity index is 1.84. The Hall–Kier alpha value is -1.62. The van der Waals surface area contributed by atoms with Crippen LogP contribution in [0.25, 0.3) is 0 Å². The molecule has 2 N–H and O–H groups in total. The Morgan fingerprint density at radius 3 is 2.83 bits per heavy atom. The van der Waals surface area contributed by atoms with Crippen molar-refractivity contribution < 1.29 is 9.18 Å². The lowest BCUT2D eigenvalue weighted by molar-refractivity contribution is 0.218. The lowest BCUT2D eigenvalue weighted by atomic mass is 10.2. The molecule has 1 atom stereocenters. The Morgan fingerprint density at radius 2 is 2.22 bits per heavy atom. The molecule has 0 radical (unpaired) electrons. The van der Waals surface area contributed by atoms with E-state index in [1.54, 1.807) is 24.1 Å². The molecule has 1 unspecified atom stereocenters. The molecule has 0 spiro atoms. The minimum absolute atomic E-state index is 0.171. The van der Waals surface area contributed by atoms with Crippen LogP contribution in [0.1, 0.15) is 12.8 Å². The van der Waals surface area contributed by atoms with E-state index in [2.05, 4.69) is 10.6 Å². The number of nitrogens with zero attached hydrogens (tertiary/aromatic N) is 1. The van der Waals surface area contributed by atoms with Crippen LogP contribution in [-0.2, 0) is 0 Å². The summed E-state index contributed by atoms with van der Waals surface area (Å²) in [6.07, 6.45) is 2.27. The van der Waals surface area contributed by atoms with Gasteiger partial charge in [0.1, 0.15) is 5.82 Å². The summed E-state index contributed by atoms with van der Waals surface area (Å²) >= 11 is 0. The number of carbonyl (C=O) groups excluding carboxylic acids is 1. The van der Waals surface area contributed by atoms with Crippen LogP contribution in [0, 0.1) is 5.82 Å². The molecule has 1 heterocycles. The van der Waals surface area contributed by atoms with Gasteiger partial charge in [0.25, 0.3) is 0 Å². The second kappa shape index (κ2) is 5.82. The molecular weight excluding hydrogens is 233 g/mol. The number of hydrogen-bond donors (Lipinski definition) is 2. The Kier molecular flexibility index (Phi) is 4.15. The fourth-order valence-electron chi connectivity index (χ4n) is 2.08. The predicted octanol–water partition coefficient (Wildman–Crippen LogP) is 2.04. The minimum atomic E-state index is -0.309. The molecule has 0 aromatic heterocycles. The summed E-state index contributed by atoms with van der Waals surface area (Å²) < 4.78 is 12.7. The van der Waals surface area contributed by atoms with Crippen molar-refractivity contribution >= 4 is 11.7 Å². The molecule has 1 aliphatic rings. The number of carbonyl (C=O) groups is 1. The van der Waals surface area contributed by atoms with Gasteiger partial charge in [0, 0.05) is 25.3 Å². The van der Waals surface area contributed by atoms with E-state index < -0.39 is 0 Å². The monoisotopic (exact) mass is 251 g/mol. The van der Waals surface area contributed by atoms with Crippen molar-refractivity contribution in [3.63, 3.8) is 0 Å². The van der Waals surface area contributed by atoms with Gasteiger partial charge >= 0.3 is 6.03 Å². The van der Waals surface area contributed by atoms with Crippen molar-refractivity contribution in [1.29, 1.82) is 0 Å². The summed E-state index contributed by atoms with van der Waals surface area (Å²) in [5.41, 5.74) is 0.604. The van der Waals surface area contributed by atoms with Crippen LogP contribution >= 0.6 is 0 Å². The summed E-state index contributed by atoms with van der Waals surface area (Å²) in [4.78, 5) is 13.5. The van der Waals surface area contributed by atoms with Crippen LogP contribution in [-0.4, -0.2) is 37.1 Å². The number of rotatable bonds is 3. The summed E-state index contributed by atoms with van der Waals surface area (Å²) in [6, 6.07) is 5.97. The predicted molar refractivity (Wildman–Crippen MR) is 69.1 cm³/mol. The van der Waals surface area contributed by atoms with Crippen LogP contribution in [0.15, 0.2) is 24.3 Å². The number of anilines is 1. The van der Waals surface area contributed by atoms with Crippen molar-refractivity contribution in [3.8, 4) is 0 Å². The van der Waals surface area contributed by atoms with Gasteiger partial charge in [0.15, 0.2) is 0 Å². The van der Waals surface area contributed by atoms with E-state index in [0.717, 1.165) is 19.4 Å². The number of urea groups is 1. The van der Waals surface area contributed by atoms with Gasteiger partial charge in [-0.25, -0.2) is 9.18 Å². The summed E-state index contributed by atoms with van der Waals surface area (Å²) in [5.74, 6) is -0.309. The third-order valence-corrected chi connectivity index (χ3v) is 3.10. The lowest BCUT2D eigenvalue weighted by Crippen LogP contribution is -2.40. The molecule has 1 saturated heterocycles. The van der Waals surface area contributed by atoms with E-state index in [1.165, 1.54) is 12.1 Å². The third kappa shape index (κ3) is 3.43. The van der Waals surface area contributed by atoms with Crippen LogP contribution < -0.4 is 10.6 Å². The molecule has 5 heteroatoms. The van der Waals surface area contributed by atoms with Crippen molar-refractivity contribution in [2.24, 2.45) is 0 Å². The third-order valence-electron chi connectivity index (χ3n) is 3.10. The second-order valence-corrected chi connectivity index (χ2v) is 4.61. The zero-order valence-electron chi connectivity index (χ0n) is 10.4. The first-order chi connectivity index (χ1) is 8.65. The molecule has 0 bridgehead atoms. The Bertz CT molecular complexity index is 401. The summed E-state index contributed by atoms with van der Waals surface area (Å²) in [6.45, 7) is 1.71. The van der Waals surface area contributed by atoms with Crippen molar-refractivity contribution in [2.45, 2.75) is 18.9 Å². The maximum absolute atomic E-state index is 12.7. The number of nitrogens with one attached hydrogen (secondary N) is 2. The number of benzene rings is 1. The van der Waals surface area contributed by atoms with Gasteiger partial charge in [0.2, 0.25) is 0 Å². The molecular formula is C13H18FN3O. The Morgan fingerprint density at radius 1 is 1.50 bits per heavy atom. The van der Waals surface area contributed by atoms with Gasteiger partial charge in [-0.15, -0.1) is 0 Å². The zero-order valence-corrected chi connectivity index (χ0v) is 10.4. The summed E-state index contributed by atoms with van der Waals surface area (Å²) in [5, 5.41) is 6.08. The fraction of sp³-hybridized carbons (Fsp3) is 0.462. The van der Waals surface area contributed by atoms with Gasteiger partial charge in [-0.05, 0) is 43.7 Å². The maximum atomic E-state index is 12.7. The summed E-state index contributed by atoms with van der Waals surface area (Å²) in [7, 11) is 1.76. The molecule has 98 valence electrons. The Labute approximate surface area is 106 Å². The largest absolute Gasteiger partial charge is 0.326 e. The quantitative estimate of drug-likeness (QED) is 0.863. The normalized spacial score (nSPS) is 18.7. The van der Waals surface area contributed by atoms with Crippen LogP contribution in [0.5, 0.6) is 0 Å². The van der Waals surface area contributed by atoms with Crippen molar-refractivity contribution in [2.75, 3.05) is 25.5 Å². The van der Waals surface area contributed by atoms with Gasteiger partial charge in [-0.3, -0.25) is 0 Å². The van der Waals surface area contributed by atoms with Crippen LogP contribution in [0.4, 0.5) is 14.9 Å². The van der Waals surface area contributed by atoms with Crippen LogP contribution in [0.3, 0.4) is 0 Å². The highest BCUT2D eigenvalue weighted by molar-refractivity contribution is 5.89. The molecule has 18 heavy (non-hydrogen) atoms. The molecule has 1 aromatic carbocycles. The first-order valence-electron chi connectivity index (χ1n) is 6.16. The van der Waals surface area contributed by atoms with E-state index in [9.17, 15) is 9.18 Å². The average molecular weight is 251 g/mol. The molecule has 1 aromatic rings. The van der Waals surface area contributed by atoms with Gasteiger partial charge < -0.3 is 15.5 Å². The lowest BCUT2D eigenvalue weighted by Gasteiger charge is -2.21. The molecule has 1 fully saturated rings. The SMILES string of the molecule is CN(CC1CCCN1)C(=O)Nc1ccc(F)cc1. The van der Waals surface area contributed by atoms with E-state index >= 15 is 0 Å². The van der Waals surface area contributed by atoms with E-state index in [4.69, 9.17) is 0 Å².